The molecule has 0 aromatic carbocycles. The lowest BCUT2D eigenvalue weighted by Crippen LogP contribution is -2.13. The summed E-state index contributed by atoms with van der Waals surface area (Å²) in [7, 11) is 0. The highest BCUT2D eigenvalue weighted by atomic mass is 35.5. The third kappa shape index (κ3) is 6.77. The van der Waals surface area contributed by atoms with Crippen LogP contribution in [0.1, 0.15) is 26.3 Å². The summed E-state index contributed by atoms with van der Waals surface area (Å²) in [5.41, 5.74) is 0.846. The molecule has 0 spiro atoms. The maximum Gasteiger partial charge on any atom is 0.182 e. The maximum absolute atomic E-state index is 8.33. The second-order valence-electron chi connectivity index (χ2n) is 2.76. The molecule has 0 radical (unpaired) electrons. The van der Waals surface area contributed by atoms with Crippen LogP contribution < -0.4 is 5.32 Å². The number of nitrogens with one attached hydrogen (secondary N) is 1. The van der Waals surface area contributed by atoms with E-state index in [1.807, 2.05) is 13.8 Å². The van der Waals surface area contributed by atoms with Gasteiger partial charge in [-0.25, -0.2) is 4.98 Å². The number of pyridine rings is 1. The molecule has 17 heavy (non-hydrogen) atoms. The van der Waals surface area contributed by atoms with Crippen LogP contribution in [0.2, 0.25) is 10.3 Å². The normalized spacial score (nSPS) is 10.0. The van der Waals surface area contributed by atoms with Crippen LogP contribution in [0.25, 0.3) is 0 Å². The molecule has 1 heterocycles. The molecular formula is C11H14Cl2N4. The fraction of sp³-hybridized carbons (Fsp3) is 0.364. The molecule has 92 valence electrons. The van der Waals surface area contributed by atoms with Crippen LogP contribution in [-0.2, 0) is 6.54 Å². The lowest BCUT2D eigenvalue weighted by Gasteiger charge is -2.00. The zero-order valence-electron chi connectivity index (χ0n) is 9.96. The largest absolute Gasteiger partial charge is 0.281 e. The topological polar surface area (TPSA) is 61.1 Å². The molecule has 0 unspecified atom stereocenters. The summed E-state index contributed by atoms with van der Waals surface area (Å²) in [6, 6.07) is 3.35. The van der Waals surface area contributed by atoms with Crippen LogP contribution >= 0.6 is 23.2 Å². The molecule has 0 aliphatic carbocycles. The van der Waals surface area contributed by atoms with Crippen LogP contribution in [0.15, 0.2) is 17.1 Å². The minimum Gasteiger partial charge on any atom is -0.281 e. The highest BCUT2D eigenvalue weighted by Crippen LogP contribution is 2.15. The summed E-state index contributed by atoms with van der Waals surface area (Å²) < 4.78 is 0. The Hall–Kier alpha value is -1.31. The minimum absolute atomic E-state index is 0.332. The predicted molar refractivity (Wildman–Crippen MR) is 71.2 cm³/mol. The Labute approximate surface area is 111 Å². The average molecular weight is 273 g/mol. The Balaban J connectivity index is 0.00000121. The number of hydrogen-bond acceptors (Lipinski definition) is 3. The molecule has 0 amide bonds. The Morgan fingerprint density at radius 1 is 1.41 bits per heavy atom. The SMILES string of the molecule is CC.CC(=NCc1cc(Cl)nc(Cl)c1)NC#N. The van der Waals surface area contributed by atoms with E-state index in [1.165, 1.54) is 0 Å². The summed E-state index contributed by atoms with van der Waals surface area (Å²) >= 11 is 11.4. The van der Waals surface area contributed by atoms with Crippen molar-refractivity contribution in [2.24, 2.45) is 4.99 Å². The predicted octanol–water partition coefficient (Wildman–Crippen LogP) is 3.40. The first kappa shape index (κ1) is 15.7. The molecule has 1 aromatic rings. The highest BCUT2D eigenvalue weighted by Gasteiger charge is 1.98. The average Bonchev–Trinajstić information content (AvgIpc) is 2.28. The zero-order chi connectivity index (χ0) is 13.3. The molecule has 0 fully saturated rings. The van der Waals surface area contributed by atoms with Crippen LogP contribution in [0.3, 0.4) is 0 Å². The monoisotopic (exact) mass is 272 g/mol. The summed E-state index contributed by atoms with van der Waals surface area (Å²) in [6.07, 6.45) is 1.78. The number of halogens is 2. The molecule has 0 aliphatic heterocycles. The number of hydrogen-bond donors (Lipinski definition) is 1. The molecule has 1 N–H and O–H groups in total. The maximum atomic E-state index is 8.33. The van der Waals surface area contributed by atoms with Crippen LogP contribution in [-0.4, -0.2) is 10.8 Å². The lowest BCUT2D eigenvalue weighted by molar-refractivity contribution is 1.03. The molecular weight excluding hydrogens is 259 g/mol. The van der Waals surface area contributed by atoms with Gasteiger partial charge in [0.05, 0.1) is 6.54 Å². The van der Waals surface area contributed by atoms with Gasteiger partial charge in [-0.2, -0.15) is 5.26 Å². The molecule has 1 rings (SSSR count). The molecule has 0 bridgehead atoms. The van der Waals surface area contributed by atoms with Gasteiger partial charge in [0.15, 0.2) is 6.19 Å². The lowest BCUT2D eigenvalue weighted by atomic mass is 10.3. The molecule has 0 atom stereocenters. The third-order valence-electron chi connectivity index (χ3n) is 1.56. The van der Waals surface area contributed by atoms with Gasteiger partial charge in [0.2, 0.25) is 0 Å². The van der Waals surface area contributed by atoms with E-state index in [9.17, 15) is 0 Å². The van der Waals surface area contributed by atoms with Crippen molar-refractivity contribution in [1.82, 2.24) is 10.3 Å². The van der Waals surface area contributed by atoms with E-state index >= 15 is 0 Å². The number of nitriles is 1. The number of amidine groups is 1. The van der Waals surface area contributed by atoms with Gasteiger partial charge in [0.1, 0.15) is 16.1 Å². The van der Waals surface area contributed by atoms with E-state index in [0.717, 1.165) is 5.56 Å². The molecule has 0 saturated heterocycles. The van der Waals surface area contributed by atoms with E-state index in [-0.39, 0.29) is 0 Å². The van der Waals surface area contributed by atoms with Gasteiger partial charge in [0.25, 0.3) is 0 Å². The Morgan fingerprint density at radius 2 is 1.94 bits per heavy atom. The van der Waals surface area contributed by atoms with E-state index in [0.29, 0.717) is 22.7 Å². The van der Waals surface area contributed by atoms with E-state index < -0.39 is 0 Å². The molecule has 0 saturated carbocycles. The van der Waals surface area contributed by atoms with Crippen LogP contribution in [0.4, 0.5) is 0 Å². The van der Waals surface area contributed by atoms with Crippen molar-refractivity contribution in [3.8, 4) is 6.19 Å². The second-order valence-corrected chi connectivity index (χ2v) is 3.53. The standard InChI is InChI=1S/C9H8Cl2N4.C2H6/c1-6(14-5-12)13-4-7-2-8(10)15-9(11)3-7;1-2/h2-3H,4H2,1H3,(H,13,14);1-2H3. The number of aliphatic imine (C=N–C) groups is 1. The second kappa shape index (κ2) is 8.80. The van der Waals surface area contributed by atoms with Gasteiger partial charge in [-0.1, -0.05) is 37.0 Å². The van der Waals surface area contributed by atoms with Gasteiger partial charge < -0.3 is 0 Å². The van der Waals surface area contributed by atoms with E-state index in [2.05, 4.69) is 15.3 Å². The van der Waals surface area contributed by atoms with Gasteiger partial charge in [0, 0.05) is 0 Å². The summed E-state index contributed by atoms with van der Waals surface area (Å²) in [5.74, 6) is 0.543. The first-order valence-electron chi connectivity index (χ1n) is 5.10. The van der Waals surface area contributed by atoms with Crippen molar-refractivity contribution in [1.29, 1.82) is 5.26 Å². The molecule has 6 heteroatoms. The van der Waals surface area contributed by atoms with Crippen molar-refractivity contribution in [2.45, 2.75) is 27.3 Å². The van der Waals surface area contributed by atoms with Crippen molar-refractivity contribution in [2.75, 3.05) is 0 Å². The smallest absolute Gasteiger partial charge is 0.182 e. The molecule has 4 nitrogen and oxygen atoms in total. The van der Waals surface area contributed by atoms with Crippen molar-refractivity contribution < 1.29 is 0 Å². The van der Waals surface area contributed by atoms with Crippen molar-refractivity contribution in [3.63, 3.8) is 0 Å². The fourth-order valence-electron chi connectivity index (χ4n) is 0.936. The minimum atomic E-state index is 0.332. The van der Waals surface area contributed by atoms with Crippen LogP contribution in [0, 0.1) is 11.5 Å². The van der Waals surface area contributed by atoms with Crippen molar-refractivity contribution in [3.05, 3.63) is 28.0 Å². The number of aromatic nitrogens is 1. The summed E-state index contributed by atoms with van der Waals surface area (Å²) in [4.78, 5) is 7.92. The first-order chi connectivity index (χ1) is 8.11. The fourth-order valence-corrected chi connectivity index (χ4v) is 1.44. The summed E-state index contributed by atoms with van der Waals surface area (Å²) in [6.45, 7) is 6.11. The first-order valence-corrected chi connectivity index (χ1v) is 5.85. The van der Waals surface area contributed by atoms with E-state index in [1.54, 1.807) is 25.2 Å². The summed E-state index contributed by atoms with van der Waals surface area (Å²) in [5, 5.41) is 11.4. The quantitative estimate of drug-likeness (QED) is 0.295. The Bertz CT molecular complexity index is 404. The molecule has 0 aliphatic rings. The Morgan fingerprint density at radius 3 is 2.41 bits per heavy atom. The zero-order valence-corrected chi connectivity index (χ0v) is 11.5. The van der Waals surface area contributed by atoms with Gasteiger partial charge in [-0.15, -0.1) is 0 Å². The van der Waals surface area contributed by atoms with Gasteiger partial charge in [-0.3, -0.25) is 10.3 Å². The molecule has 1 aromatic heterocycles. The van der Waals surface area contributed by atoms with E-state index in [4.69, 9.17) is 28.5 Å². The number of nitrogens with zero attached hydrogens (tertiary/aromatic N) is 3. The Kier molecular flexibility index (Phi) is 8.12. The number of rotatable bonds is 2. The highest BCUT2D eigenvalue weighted by molar-refractivity contribution is 6.32. The van der Waals surface area contributed by atoms with Crippen LogP contribution in [0.5, 0.6) is 0 Å². The van der Waals surface area contributed by atoms with Crippen molar-refractivity contribution >= 4 is 29.0 Å². The third-order valence-corrected chi connectivity index (χ3v) is 1.95. The van der Waals surface area contributed by atoms with Gasteiger partial charge >= 0.3 is 0 Å². The van der Waals surface area contributed by atoms with Gasteiger partial charge in [-0.05, 0) is 24.6 Å².